The summed E-state index contributed by atoms with van der Waals surface area (Å²) in [4.78, 5) is 18.5. The molecule has 0 saturated heterocycles. The third-order valence-electron chi connectivity index (χ3n) is 5.63. The highest BCUT2D eigenvalue weighted by Crippen LogP contribution is 2.44. The van der Waals surface area contributed by atoms with E-state index in [2.05, 4.69) is 27.8 Å². The molecule has 1 amide bonds. The summed E-state index contributed by atoms with van der Waals surface area (Å²) in [6, 6.07) is 14.9. The van der Waals surface area contributed by atoms with Crippen molar-refractivity contribution in [3.05, 3.63) is 76.8 Å². The average molecular weight is 547 g/mol. The molecule has 0 bridgehead atoms. The lowest BCUT2D eigenvalue weighted by molar-refractivity contribution is -0.134. The van der Waals surface area contributed by atoms with Gasteiger partial charge in [-0.15, -0.1) is 6.58 Å². The van der Waals surface area contributed by atoms with E-state index < -0.39 is 17.9 Å². The van der Waals surface area contributed by atoms with Crippen molar-refractivity contribution in [1.29, 1.82) is 0 Å². The van der Waals surface area contributed by atoms with Crippen molar-refractivity contribution < 1.29 is 28.8 Å². The molecule has 8 nitrogen and oxygen atoms in total. The molecule has 2 aromatic rings. The van der Waals surface area contributed by atoms with Crippen LogP contribution in [0.1, 0.15) is 30.1 Å². The van der Waals surface area contributed by atoms with Gasteiger partial charge in [0.2, 0.25) is 5.90 Å². The second-order valence-electron chi connectivity index (χ2n) is 7.91. The molecule has 2 atom stereocenters. The number of aliphatic imine (C=N–C) groups is 1. The van der Waals surface area contributed by atoms with Gasteiger partial charge in [0.05, 0.1) is 13.2 Å². The average Bonchev–Trinajstić information content (AvgIpc) is 3.26. The maximum Gasteiger partial charge on any atom is 0.252 e. The van der Waals surface area contributed by atoms with Crippen molar-refractivity contribution >= 4 is 27.7 Å². The zero-order valence-corrected chi connectivity index (χ0v) is 21.5. The molecular formula is C26H31BrN2O6. The molecule has 188 valence electrons. The summed E-state index contributed by atoms with van der Waals surface area (Å²) < 4.78 is 23.2. The lowest BCUT2D eigenvalue weighted by Crippen LogP contribution is -2.50. The van der Waals surface area contributed by atoms with Crippen LogP contribution in [0.5, 0.6) is 5.75 Å². The Morgan fingerprint density at radius 3 is 2.60 bits per heavy atom. The monoisotopic (exact) mass is 546 g/mol. The van der Waals surface area contributed by atoms with Gasteiger partial charge in [0.25, 0.3) is 5.91 Å². The van der Waals surface area contributed by atoms with E-state index in [4.69, 9.17) is 29.0 Å². The van der Waals surface area contributed by atoms with E-state index in [1.54, 1.807) is 18.2 Å². The summed E-state index contributed by atoms with van der Waals surface area (Å²) >= 11 is 3.60. The molecule has 9 heteroatoms. The van der Waals surface area contributed by atoms with Crippen molar-refractivity contribution in [3.8, 4) is 5.75 Å². The molecule has 0 unspecified atom stereocenters. The summed E-state index contributed by atoms with van der Waals surface area (Å²) in [6.07, 6.45) is 1.18. The number of ether oxygens (including phenoxy) is 4. The molecule has 1 aliphatic heterocycles. The van der Waals surface area contributed by atoms with E-state index >= 15 is 0 Å². The number of carbonyl (C=O) groups is 1. The third kappa shape index (κ3) is 6.29. The highest BCUT2D eigenvalue weighted by Gasteiger charge is 2.53. The van der Waals surface area contributed by atoms with Gasteiger partial charge in [-0.2, -0.15) is 0 Å². The number of carbonyl (C=O) groups excluding carboxylic acids is 1. The summed E-state index contributed by atoms with van der Waals surface area (Å²) in [5.74, 6) is 0.694. The fraction of sp³-hybridized carbons (Fsp3) is 0.385. The van der Waals surface area contributed by atoms with Gasteiger partial charge in [-0.25, -0.2) is 4.99 Å². The molecule has 0 aromatic heterocycles. The van der Waals surface area contributed by atoms with E-state index in [-0.39, 0.29) is 25.5 Å². The fourth-order valence-corrected chi connectivity index (χ4v) is 4.28. The molecule has 2 N–H and O–H groups in total. The van der Waals surface area contributed by atoms with Crippen LogP contribution in [0.4, 0.5) is 0 Å². The Balaban J connectivity index is 1.97. The number of rotatable bonds is 13. The number of benzene rings is 2. The fourth-order valence-electron chi connectivity index (χ4n) is 3.79. The first-order valence-corrected chi connectivity index (χ1v) is 12.1. The lowest BCUT2D eigenvalue weighted by Gasteiger charge is -2.30. The van der Waals surface area contributed by atoms with Crippen LogP contribution >= 0.6 is 15.9 Å². The Labute approximate surface area is 214 Å². The van der Waals surface area contributed by atoms with E-state index in [1.807, 2.05) is 36.4 Å². The van der Waals surface area contributed by atoms with Gasteiger partial charge in [0.1, 0.15) is 5.75 Å². The number of hydrogen-bond acceptors (Lipinski definition) is 7. The van der Waals surface area contributed by atoms with Crippen molar-refractivity contribution in [2.24, 2.45) is 4.99 Å². The largest absolute Gasteiger partial charge is 0.494 e. The van der Waals surface area contributed by atoms with Crippen LogP contribution in [0.25, 0.3) is 0 Å². The zero-order valence-electron chi connectivity index (χ0n) is 19.9. The summed E-state index contributed by atoms with van der Waals surface area (Å²) in [6.45, 7) is 4.52. The van der Waals surface area contributed by atoms with Crippen LogP contribution < -0.4 is 10.1 Å². The number of amides is 1. The number of nitrogens with one attached hydrogen (secondary N) is 1. The van der Waals surface area contributed by atoms with Crippen molar-refractivity contribution in [2.45, 2.75) is 30.8 Å². The van der Waals surface area contributed by atoms with Gasteiger partial charge >= 0.3 is 0 Å². The number of methoxy groups -OCH3 is 2. The van der Waals surface area contributed by atoms with Gasteiger partial charge in [-0.3, -0.25) is 4.79 Å². The Bertz CT molecular complexity index is 1020. The second kappa shape index (κ2) is 12.8. The second-order valence-corrected chi connectivity index (χ2v) is 8.77. The highest BCUT2D eigenvalue weighted by atomic mass is 79.9. The number of aliphatic hydroxyl groups excluding tert-OH is 1. The predicted octanol–water partition coefficient (Wildman–Crippen LogP) is 3.78. The van der Waals surface area contributed by atoms with Gasteiger partial charge < -0.3 is 29.4 Å². The van der Waals surface area contributed by atoms with Crippen molar-refractivity contribution in [1.82, 2.24) is 5.32 Å². The molecule has 0 fully saturated rings. The third-order valence-corrected chi connectivity index (χ3v) is 6.35. The zero-order chi connectivity index (χ0) is 25.3. The Hall–Kier alpha value is -2.72. The topological polar surface area (TPSA) is 98.6 Å². The molecule has 0 aliphatic carbocycles. The van der Waals surface area contributed by atoms with Crippen molar-refractivity contribution in [2.75, 3.05) is 34.0 Å². The standard InChI is InChI=1S/C26H31BrN2O6/c1-4-14-26(25(31)28-17-22(32-2)33-3)23(20-8-5-6-9-21(20)27)35-24(29-26)18-10-12-19(13-11-18)34-16-7-15-30/h4-6,8-13,22-23,30H,1,7,14-17H2,2-3H3,(H,28,31)/t23-,26-/m1/s1. The molecule has 0 saturated carbocycles. The van der Waals surface area contributed by atoms with Crippen LogP contribution in [-0.4, -0.2) is 62.7 Å². The number of halogens is 1. The number of aliphatic hydroxyl groups is 1. The first-order valence-electron chi connectivity index (χ1n) is 11.3. The predicted molar refractivity (Wildman–Crippen MR) is 137 cm³/mol. The van der Waals surface area contributed by atoms with E-state index in [1.165, 1.54) is 14.2 Å². The molecule has 3 rings (SSSR count). The van der Waals surface area contributed by atoms with Crippen LogP contribution in [0.2, 0.25) is 0 Å². The van der Waals surface area contributed by atoms with Gasteiger partial charge in [-0.1, -0.05) is 40.2 Å². The summed E-state index contributed by atoms with van der Waals surface area (Å²) in [5, 5.41) is 11.8. The van der Waals surface area contributed by atoms with Crippen molar-refractivity contribution in [3.63, 3.8) is 0 Å². The summed E-state index contributed by atoms with van der Waals surface area (Å²) in [5.41, 5.74) is 0.215. The molecule has 1 heterocycles. The molecular weight excluding hydrogens is 516 g/mol. The van der Waals surface area contributed by atoms with Crippen LogP contribution in [0.3, 0.4) is 0 Å². The Morgan fingerprint density at radius 1 is 1.26 bits per heavy atom. The Kier molecular flexibility index (Phi) is 9.85. The molecule has 2 aromatic carbocycles. The van der Waals surface area contributed by atoms with Crippen LogP contribution in [0, 0.1) is 0 Å². The lowest BCUT2D eigenvalue weighted by atomic mass is 9.84. The van der Waals surface area contributed by atoms with Crippen LogP contribution in [0.15, 0.2) is 70.7 Å². The number of nitrogens with zero attached hydrogens (tertiary/aromatic N) is 1. The van der Waals surface area contributed by atoms with E-state index in [0.717, 1.165) is 10.0 Å². The molecule has 35 heavy (non-hydrogen) atoms. The maximum absolute atomic E-state index is 13.7. The normalized spacial score (nSPS) is 19.2. The first kappa shape index (κ1) is 26.9. The quantitative estimate of drug-likeness (QED) is 0.225. The minimum Gasteiger partial charge on any atom is -0.494 e. The molecule has 1 aliphatic rings. The minimum atomic E-state index is -1.29. The first-order chi connectivity index (χ1) is 17.0. The smallest absolute Gasteiger partial charge is 0.252 e. The Morgan fingerprint density at radius 2 is 1.97 bits per heavy atom. The molecule has 0 spiro atoms. The maximum atomic E-state index is 13.7. The van der Waals surface area contributed by atoms with Gasteiger partial charge in [0, 0.05) is 49.3 Å². The SMILES string of the molecule is C=CC[C@@]1(C(=O)NCC(OC)OC)N=C(c2ccc(OCCCO)cc2)O[C@@H]1c1ccccc1Br. The summed E-state index contributed by atoms with van der Waals surface area (Å²) in [7, 11) is 3.02. The van der Waals surface area contributed by atoms with E-state index in [0.29, 0.717) is 30.2 Å². The minimum absolute atomic E-state index is 0.0716. The van der Waals surface area contributed by atoms with Crippen LogP contribution in [-0.2, 0) is 19.0 Å². The highest BCUT2D eigenvalue weighted by molar-refractivity contribution is 9.10. The molecule has 0 radical (unpaired) electrons. The van der Waals surface area contributed by atoms with Gasteiger partial charge in [0.15, 0.2) is 17.9 Å². The number of hydrogen-bond donors (Lipinski definition) is 2. The van der Waals surface area contributed by atoms with E-state index in [9.17, 15) is 4.79 Å². The van der Waals surface area contributed by atoms with Gasteiger partial charge in [-0.05, 0) is 30.3 Å².